The van der Waals surface area contributed by atoms with Gasteiger partial charge in [-0.15, -0.1) is 0 Å². The van der Waals surface area contributed by atoms with Gasteiger partial charge in [-0.2, -0.15) is 5.10 Å². The molecule has 0 aliphatic rings. The highest BCUT2D eigenvalue weighted by Crippen LogP contribution is 2.30. The summed E-state index contributed by atoms with van der Waals surface area (Å²) in [5.41, 5.74) is 10.9. The van der Waals surface area contributed by atoms with E-state index in [-0.39, 0.29) is 12.1 Å². The summed E-state index contributed by atoms with van der Waals surface area (Å²) in [6.45, 7) is 4.00. The molecule has 0 aliphatic heterocycles. The minimum Gasteiger partial charge on any atom is -0.383 e. The van der Waals surface area contributed by atoms with Gasteiger partial charge in [-0.1, -0.05) is 18.2 Å². The topological polar surface area (TPSA) is 130 Å². The van der Waals surface area contributed by atoms with Crippen LogP contribution in [0.2, 0.25) is 0 Å². The molecule has 10 nitrogen and oxygen atoms in total. The number of nitrogens with zero attached hydrogens (tertiary/aromatic N) is 8. The summed E-state index contributed by atoms with van der Waals surface area (Å²) in [6.07, 6.45) is 6.46. The van der Waals surface area contributed by atoms with Crippen molar-refractivity contribution >= 4 is 27.9 Å². The van der Waals surface area contributed by atoms with Crippen molar-refractivity contribution in [1.29, 1.82) is 0 Å². The van der Waals surface area contributed by atoms with Gasteiger partial charge in [0.25, 0.3) is 5.56 Å². The van der Waals surface area contributed by atoms with Crippen LogP contribution in [0.1, 0.15) is 17.0 Å². The molecule has 176 valence electrons. The molecule has 10 heteroatoms. The van der Waals surface area contributed by atoms with Gasteiger partial charge in [0.1, 0.15) is 30.2 Å². The molecule has 6 rings (SSSR count). The maximum Gasteiger partial charge on any atom is 0.267 e. The minimum atomic E-state index is -0.187. The second kappa shape index (κ2) is 8.35. The Morgan fingerprint density at radius 3 is 2.58 bits per heavy atom. The number of rotatable bonds is 4. The van der Waals surface area contributed by atoms with Crippen LogP contribution < -0.4 is 11.3 Å². The molecule has 0 saturated heterocycles. The number of aryl methyl sites for hydroxylation is 2. The summed E-state index contributed by atoms with van der Waals surface area (Å²) >= 11 is 0. The molecule has 0 aliphatic carbocycles. The number of para-hydroxylation sites is 1. The van der Waals surface area contributed by atoms with E-state index >= 15 is 0 Å². The third-order valence-electron chi connectivity index (χ3n) is 6.19. The molecule has 5 aromatic heterocycles. The maximum atomic E-state index is 13.9. The van der Waals surface area contributed by atoms with Gasteiger partial charge in [0.2, 0.25) is 0 Å². The zero-order valence-electron chi connectivity index (χ0n) is 19.6. The largest absolute Gasteiger partial charge is 0.383 e. The molecule has 0 fully saturated rings. The third kappa shape index (κ3) is 3.38. The van der Waals surface area contributed by atoms with E-state index < -0.39 is 0 Å². The first kappa shape index (κ1) is 21.5. The van der Waals surface area contributed by atoms with Gasteiger partial charge in [-0.25, -0.2) is 24.6 Å². The van der Waals surface area contributed by atoms with Gasteiger partial charge in [0.15, 0.2) is 11.3 Å². The highest BCUT2D eigenvalue weighted by molar-refractivity contribution is 5.98. The first-order chi connectivity index (χ1) is 17.5. The van der Waals surface area contributed by atoms with Crippen molar-refractivity contribution in [3.8, 4) is 16.9 Å². The quantitative estimate of drug-likeness (QED) is 0.411. The van der Waals surface area contributed by atoms with Crippen molar-refractivity contribution in [2.24, 2.45) is 0 Å². The van der Waals surface area contributed by atoms with Crippen molar-refractivity contribution in [2.45, 2.75) is 20.4 Å². The van der Waals surface area contributed by atoms with E-state index in [1.54, 1.807) is 27.8 Å². The average Bonchev–Trinajstić information content (AvgIpc) is 3.25. The normalized spacial score (nSPS) is 11.4. The Balaban J connectivity index is 1.63. The lowest BCUT2D eigenvalue weighted by atomic mass is 10.1. The average molecular weight is 476 g/mol. The van der Waals surface area contributed by atoms with Gasteiger partial charge < -0.3 is 5.73 Å². The van der Waals surface area contributed by atoms with Crippen molar-refractivity contribution in [3.63, 3.8) is 0 Å². The monoisotopic (exact) mass is 475 g/mol. The molecule has 6 aromatic rings. The van der Waals surface area contributed by atoms with E-state index in [9.17, 15) is 4.79 Å². The first-order valence-corrected chi connectivity index (χ1v) is 11.3. The molecule has 0 bridgehead atoms. The van der Waals surface area contributed by atoms with Crippen LogP contribution in [-0.2, 0) is 6.54 Å². The number of benzene rings is 1. The van der Waals surface area contributed by atoms with E-state index in [1.807, 2.05) is 56.3 Å². The number of pyridine rings is 2. The van der Waals surface area contributed by atoms with E-state index in [0.717, 1.165) is 22.4 Å². The highest BCUT2D eigenvalue weighted by Gasteiger charge is 2.21. The van der Waals surface area contributed by atoms with Gasteiger partial charge in [-0.05, 0) is 49.2 Å². The van der Waals surface area contributed by atoms with Gasteiger partial charge in [0.05, 0.1) is 16.5 Å². The summed E-state index contributed by atoms with van der Waals surface area (Å²) in [5.74, 6) is 0.782. The molecule has 0 saturated carbocycles. The molecule has 5 heterocycles. The second-order valence-corrected chi connectivity index (χ2v) is 8.49. The number of nitrogens with two attached hydrogens (primary N) is 1. The predicted octanol–water partition coefficient (Wildman–Crippen LogP) is 3.23. The van der Waals surface area contributed by atoms with Gasteiger partial charge in [-0.3, -0.25) is 14.3 Å². The fourth-order valence-electron chi connectivity index (χ4n) is 4.44. The highest BCUT2D eigenvalue weighted by atomic mass is 16.1. The van der Waals surface area contributed by atoms with Gasteiger partial charge in [0, 0.05) is 24.2 Å². The molecule has 0 amide bonds. The van der Waals surface area contributed by atoms with Crippen LogP contribution in [0.3, 0.4) is 0 Å². The fourth-order valence-corrected chi connectivity index (χ4v) is 4.44. The zero-order chi connectivity index (χ0) is 24.8. The number of nitrogen functional groups attached to an aromatic ring is 1. The Morgan fingerprint density at radius 2 is 1.78 bits per heavy atom. The Bertz CT molecular complexity index is 1820. The Labute approximate surface area is 205 Å². The van der Waals surface area contributed by atoms with E-state index in [1.165, 1.54) is 6.33 Å². The molecule has 0 atom stereocenters. The van der Waals surface area contributed by atoms with E-state index in [2.05, 4.69) is 19.9 Å². The zero-order valence-corrected chi connectivity index (χ0v) is 19.6. The molecule has 0 spiro atoms. The molecular formula is C26H21N9O. The van der Waals surface area contributed by atoms with E-state index in [4.69, 9.17) is 15.8 Å². The predicted molar refractivity (Wildman–Crippen MR) is 137 cm³/mol. The standard InChI is InChI=1S/C26H21N9O/c1-15-6-3-4-8-18(15)35-19(32-24-20(26(35)36)16(2)9-11-29-24)13-34-25-21(23(27)30-14-31-25)22(33-34)17-7-5-10-28-12-17/h3-12,14H,13H2,1-2H3,(H2,27,30,31). The lowest BCUT2D eigenvalue weighted by molar-refractivity contribution is 0.650. The second-order valence-electron chi connectivity index (χ2n) is 8.49. The number of hydrogen-bond donors (Lipinski definition) is 1. The van der Waals surface area contributed by atoms with Crippen LogP contribution in [0.5, 0.6) is 0 Å². The number of anilines is 1. The molecule has 2 N–H and O–H groups in total. The van der Waals surface area contributed by atoms with Crippen LogP contribution in [0, 0.1) is 13.8 Å². The lowest BCUT2D eigenvalue weighted by Gasteiger charge is -2.16. The number of fused-ring (bicyclic) bond motifs is 2. The van der Waals surface area contributed by atoms with Crippen molar-refractivity contribution < 1.29 is 0 Å². The summed E-state index contributed by atoms with van der Waals surface area (Å²) in [5, 5.41) is 5.92. The van der Waals surface area contributed by atoms with Crippen LogP contribution in [-0.4, -0.2) is 39.3 Å². The Kier molecular flexibility index (Phi) is 4.99. The van der Waals surface area contributed by atoms with Crippen molar-refractivity contribution in [2.75, 3.05) is 5.73 Å². The Hall–Kier alpha value is -4.99. The summed E-state index contributed by atoms with van der Waals surface area (Å²) in [7, 11) is 0. The Morgan fingerprint density at radius 1 is 0.917 bits per heavy atom. The first-order valence-electron chi connectivity index (χ1n) is 11.3. The number of aromatic nitrogens is 8. The minimum absolute atomic E-state index is 0.155. The molecular weight excluding hydrogens is 454 g/mol. The number of hydrogen-bond acceptors (Lipinski definition) is 8. The van der Waals surface area contributed by atoms with E-state index in [0.29, 0.717) is 39.4 Å². The molecule has 1 aromatic carbocycles. The van der Waals surface area contributed by atoms with Crippen molar-refractivity contribution in [1.82, 2.24) is 39.3 Å². The van der Waals surface area contributed by atoms with Crippen molar-refractivity contribution in [3.05, 3.63) is 94.7 Å². The smallest absolute Gasteiger partial charge is 0.267 e. The fraction of sp³-hybridized carbons (Fsp3) is 0.115. The van der Waals surface area contributed by atoms with Crippen LogP contribution >= 0.6 is 0 Å². The molecule has 36 heavy (non-hydrogen) atoms. The van der Waals surface area contributed by atoms with Crippen LogP contribution in [0.25, 0.3) is 39.0 Å². The summed E-state index contributed by atoms with van der Waals surface area (Å²) in [4.78, 5) is 35.9. The molecule has 0 unspecified atom stereocenters. The lowest BCUT2D eigenvalue weighted by Crippen LogP contribution is -2.27. The molecule has 0 radical (unpaired) electrons. The van der Waals surface area contributed by atoms with Gasteiger partial charge >= 0.3 is 0 Å². The maximum absolute atomic E-state index is 13.9. The van der Waals surface area contributed by atoms with Crippen LogP contribution in [0.4, 0.5) is 5.82 Å². The third-order valence-corrected chi connectivity index (χ3v) is 6.19. The van der Waals surface area contributed by atoms with Crippen LogP contribution in [0.15, 0.2) is 72.2 Å². The SMILES string of the molecule is Cc1ccccc1-n1c(Cn2nc(-c3cccnc3)c3c(N)ncnc32)nc2nccc(C)c2c1=O. The summed E-state index contributed by atoms with van der Waals surface area (Å²) < 4.78 is 3.32. The summed E-state index contributed by atoms with van der Waals surface area (Å²) in [6, 6.07) is 13.2.